The van der Waals surface area contributed by atoms with Crippen molar-refractivity contribution in [2.75, 3.05) is 32.8 Å². The summed E-state index contributed by atoms with van der Waals surface area (Å²) in [5.74, 6) is -0.725. The van der Waals surface area contributed by atoms with Gasteiger partial charge in [0.25, 0.3) is 0 Å². The third kappa shape index (κ3) is 35.2. The van der Waals surface area contributed by atoms with E-state index in [-0.39, 0.29) is 50.7 Å². The summed E-state index contributed by atoms with van der Waals surface area (Å²) >= 11 is 0. The molecule has 0 rings (SSSR count). The number of nitrogens with zero attached hydrogens (tertiary/aromatic N) is 1. The molecule has 7 nitrogen and oxygen atoms in total. The highest BCUT2D eigenvalue weighted by Crippen LogP contribution is 2.11. The van der Waals surface area contributed by atoms with Crippen LogP contribution >= 0.6 is 0 Å². The number of esters is 2. The van der Waals surface area contributed by atoms with E-state index in [0.717, 1.165) is 57.8 Å². The lowest BCUT2D eigenvalue weighted by Crippen LogP contribution is -2.40. The van der Waals surface area contributed by atoms with E-state index in [2.05, 4.69) is 50.3 Å². The van der Waals surface area contributed by atoms with Crippen molar-refractivity contribution in [2.45, 2.75) is 181 Å². The Morgan fingerprint density at radius 3 is 1.27 bits per heavy atom. The number of carbonyl (C=O) groups excluding carboxylic acids is 3. The number of amides is 1. The largest absolute Gasteiger partial charge is 0.464 e. The first kappa shape index (κ1) is 46.6. The summed E-state index contributed by atoms with van der Waals surface area (Å²) in [6.07, 6.45) is 42.9. The molecule has 0 aromatic heterocycles. The second-order valence-electron chi connectivity index (χ2n) is 13.3. The highest BCUT2D eigenvalue weighted by molar-refractivity contribution is 5.78. The summed E-state index contributed by atoms with van der Waals surface area (Å²) in [6.45, 7) is 5.08. The van der Waals surface area contributed by atoms with Gasteiger partial charge in [-0.15, -0.1) is 0 Å². The van der Waals surface area contributed by atoms with Gasteiger partial charge in [0.1, 0.15) is 13.2 Å². The molecule has 0 unspecified atom stereocenters. The lowest BCUT2D eigenvalue weighted by molar-refractivity contribution is -0.147. The van der Waals surface area contributed by atoms with Crippen molar-refractivity contribution in [3.8, 4) is 0 Å². The van der Waals surface area contributed by atoms with Gasteiger partial charge in [0, 0.05) is 12.8 Å². The van der Waals surface area contributed by atoms with Crippen LogP contribution < -0.4 is 5.73 Å². The van der Waals surface area contributed by atoms with E-state index in [4.69, 9.17) is 15.2 Å². The molecule has 0 aromatic rings. The molecule has 0 spiro atoms. The van der Waals surface area contributed by atoms with Gasteiger partial charge in [-0.3, -0.25) is 14.4 Å². The number of carbonyl (C=O) groups is 3. The Hall–Kier alpha value is -2.41. The molecule has 7 heteroatoms. The molecule has 49 heavy (non-hydrogen) atoms. The van der Waals surface area contributed by atoms with Crippen molar-refractivity contribution < 1.29 is 23.9 Å². The molecule has 0 aliphatic carbocycles. The molecule has 284 valence electrons. The molecule has 0 atom stereocenters. The van der Waals surface area contributed by atoms with Crippen LogP contribution in [-0.2, 0) is 23.9 Å². The van der Waals surface area contributed by atoms with Crippen molar-refractivity contribution >= 4 is 17.8 Å². The molecule has 0 heterocycles. The average molecular weight is 689 g/mol. The minimum Gasteiger partial charge on any atom is -0.464 e. The molecule has 0 aliphatic heterocycles. The first-order valence-corrected chi connectivity index (χ1v) is 20.3. The Kier molecular flexibility index (Phi) is 36.5. The topological polar surface area (TPSA) is 98.9 Å². The molecule has 0 radical (unpaired) electrons. The Morgan fingerprint density at radius 1 is 0.490 bits per heavy atom. The van der Waals surface area contributed by atoms with Crippen molar-refractivity contribution in [1.29, 1.82) is 0 Å². The van der Waals surface area contributed by atoms with Gasteiger partial charge < -0.3 is 20.1 Å². The number of nitrogens with two attached hydrogens (primary N) is 1. The number of unbranched alkanes of at least 4 members (excludes halogenated alkanes) is 19. The fourth-order valence-corrected chi connectivity index (χ4v) is 5.59. The molecule has 0 saturated heterocycles. The van der Waals surface area contributed by atoms with Crippen LogP contribution in [0, 0.1) is 0 Å². The molecule has 0 aliphatic rings. The highest BCUT2D eigenvalue weighted by Gasteiger charge is 2.14. The number of allylic oxidation sites excluding steroid dienone is 6. The van der Waals surface area contributed by atoms with Gasteiger partial charge in [-0.1, -0.05) is 134 Å². The first-order chi connectivity index (χ1) is 24.0. The average Bonchev–Trinajstić information content (AvgIpc) is 3.10. The lowest BCUT2D eigenvalue weighted by Gasteiger charge is -2.21. The van der Waals surface area contributed by atoms with Crippen LogP contribution in [0.2, 0.25) is 0 Å². The van der Waals surface area contributed by atoms with Crippen LogP contribution in [0.5, 0.6) is 0 Å². The van der Waals surface area contributed by atoms with Crippen molar-refractivity contribution in [1.82, 2.24) is 4.90 Å². The van der Waals surface area contributed by atoms with E-state index in [1.54, 1.807) is 0 Å². The zero-order chi connectivity index (χ0) is 35.9. The Balaban J connectivity index is 3.77. The van der Waals surface area contributed by atoms with E-state index in [0.29, 0.717) is 12.8 Å². The number of ether oxygens (including phenoxy) is 2. The molecule has 0 bridgehead atoms. The summed E-state index contributed by atoms with van der Waals surface area (Å²) in [5.41, 5.74) is 5.56. The van der Waals surface area contributed by atoms with E-state index < -0.39 is 0 Å². The summed E-state index contributed by atoms with van der Waals surface area (Å²) in [4.78, 5) is 38.0. The SMILES string of the molecule is CCCCC/C=C\C/C=C\CCCCCCCC(=O)OCCN(CCOC(=O)CCCCCCC/C=C\CCCCCCCC)C(=O)CN. The highest BCUT2D eigenvalue weighted by atomic mass is 16.5. The summed E-state index contributed by atoms with van der Waals surface area (Å²) in [5, 5.41) is 0. The zero-order valence-corrected chi connectivity index (χ0v) is 32.0. The van der Waals surface area contributed by atoms with Crippen LogP contribution in [0.1, 0.15) is 181 Å². The van der Waals surface area contributed by atoms with Crippen LogP contribution in [0.25, 0.3) is 0 Å². The third-order valence-electron chi connectivity index (χ3n) is 8.75. The lowest BCUT2D eigenvalue weighted by atomic mass is 10.1. The van der Waals surface area contributed by atoms with Crippen molar-refractivity contribution in [2.24, 2.45) is 5.73 Å². The number of hydrogen-bond acceptors (Lipinski definition) is 6. The normalized spacial score (nSPS) is 11.7. The van der Waals surface area contributed by atoms with Crippen molar-refractivity contribution in [3.63, 3.8) is 0 Å². The molecule has 0 saturated carbocycles. The standard InChI is InChI=1S/C42H76N2O5/c1-3-5-7-9-11-13-15-17-19-21-23-25-27-29-31-33-41(46)48-37-35-44(40(45)39-43)36-38-49-42(47)34-32-30-28-26-24-22-20-18-16-14-12-10-8-6-4-2/h11,13,17-20H,3-10,12,14-16,21-39,43H2,1-2H3/b13-11-,19-17-,20-18-. The molecule has 1 amide bonds. The fraction of sp³-hybridized carbons (Fsp3) is 0.786. The van der Waals surface area contributed by atoms with Gasteiger partial charge in [0.05, 0.1) is 19.6 Å². The maximum atomic E-state index is 12.2. The van der Waals surface area contributed by atoms with Crippen LogP contribution in [0.3, 0.4) is 0 Å². The van der Waals surface area contributed by atoms with E-state index in [1.807, 2.05) is 0 Å². The predicted octanol–water partition coefficient (Wildman–Crippen LogP) is 10.7. The van der Waals surface area contributed by atoms with Gasteiger partial charge in [0.2, 0.25) is 5.91 Å². The summed E-state index contributed by atoms with van der Waals surface area (Å²) < 4.78 is 10.7. The smallest absolute Gasteiger partial charge is 0.305 e. The number of rotatable bonds is 36. The van der Waals surface area contributed by atoms with Crippen molar-refractivity contribution in [3.05, 3.63) is 36.5 Å². The quantitative estimate of drug-likeness (QED) is 0.0399. The molecule has 0 fully saturated rings. The predicted molar refractivity (Wildman–Crippen MR) is 206 cm³/mol. The summed E-state index contributed by atoms with van der Waals surface area (Å²) in [7, 11) is 0. The molecular formula is C42H76N2O5. The van der Waals surface area contributed by atoms with Gasteiger partial charge in [0.15, 0.2) is 0 Å². The molecular weight excluding hydrogens is 612 g/mol. The minimum atomic E-state index is -0.252. The monoisotopic (exact) mass is 689 g/mol. The second kappa shape index (κ2) is 38.4. The summed E-state index contributed by atoms with van der Waals surface area (Å²) in [6, 6.07) is 0. The maximum absolute atomic E-state index is 12.2. The van der Waals surface area contributed by atoms with Gasteiger partial charge in [-0.25, -0.2) is 0 Å². The minimum absolute atomic E-state index is 0.119. The van der Waals surface area contributed by atoms with Crippen LogP contribution in [0.15, 0.2) is 36.5 Å². The van der Waals surface area contributed by atoms with E-state index >= 15 is 0 Å². The van der Waals surface area contributed by atoms with Crippen LogP contribution in [0.4, 0.5) is 0 Å². The second-order valence-corrected chi connectivity index (χ2v) is 13.3. The van der Waals surface area contributed by atoms with E-state index in [1.165, 1.54) is 101 Å². The first-order valence-electron chi connectivity index (χ1n) is 20.3. The third-order valence-corrected chi connectivity index (χ3v) is 8.75. The fourth-order valence-electron chi connectivity index (χ4n) is 5.59. The Bertz CT molecular complexity index is 854. The van der Waals surface area contributed by atoms with Gasteiger partial charge in [-0.2, -0.15) is 0 Å². The van der Waals surface area contributed by atoms with E-state index in [9.17, 15) is 14.4 Å². The van der Waals surface area contributed by atoms with Gasteiger partial charge in [-0.05, 0) is 70.6 Å². The maximum Gasteiger partial charge on any atom is 0.305 e. The zero-order valence-electron chi connectivity index (χ0n) is 32.0. The molecule has 0 aromatic carbocycles. The Morgan fingerprint density at radius 2 is 0.837 bits per heavy atom. The Labute approximate surface area is 301 Å². The van der Waals surface area contributed by atoms with Crippen LogP contribution in [-0.4, -0.2) is 55.6 Å². The molecule has 2 N–H and O–H groups in total. The van der Waals surface area contributed by atoms with Gasteiger partial charge >= 0.3 is 11.9 Å². The number of hydrogen-bond donors (Lipinski definition) is 1.